The molecule has 0 spiro atoms. The second kappa shape index (κ2) is 4.00. The van der Waals surface area contributed by atoms with Crippen LogP contribution in [-0.4, -0.2) is 25.5 Å². The van der Waals surface area contributed by atoms with Crippen molar-refractivity contribution in [3.8, 4) is 0 Å². The van der Waals surface area contributed by atoms with Crippen molar-refractivity contribution in [1.29, 1.82) is 5.41 Å². The van der Waals surface area contributed by atoms with Crippen LogP contribution in [0.2, 0.25) is 0 Å². The van der Waals surface area contributed by atoms with E-state index < -0.39 is 15.6 Å². The van der Waals surface area contributed by atoms with Gasteiger partial charge in [0.15, 0.2) is 0 Å². The van der Waals surface area contributed by atoms with Gasteiger partial charge in [-0.1, -0.05) is 12.8 Å². The molecule has 2 aliphatic rings. The minimum Gasteiger partial charge on any atom is -0.386 e. The van der Waals surface area contributed by atoms with E-state index in [1.165, 1.54) is 0 Å². The zero-order chi connectivity index (χ0) is 11.8. The summed E-state index contributed by atoms with van der Waals surface area (Å²) in [5.41, 5.74) is 4.76. The van der Waals surface area contributed by atoms with Crippen molar-refractivity contribution in [3.63, 3.8) is 0 Å². The highest BCUT2D eigenvalue weighted by atomic mass is 32.2. The molecule has 4 N–H and O–H groups in total. The molecule has 0 radical (unpaired) electrons. The molecule has 0 atom stereocenters. The van der Waals surface area contributed by atoms with Gasteiger partial charge >= 0.3 is 0 Å². The van der Waals surface area contributed by atoms with Crippen molar-refractivity contribution in [3.05, 3.63) is 0 Å². The maximum atomic E-state index is 11.9. The van der Waals surface area contributed by atoms with E-state index in [2.05, 4.69) is 4.72 Å². The Kier molecular flexibility index (Phi) is 2.96. The predicted molar refractivity (Wildman–Crippen MR) is 62.8 cm³/mol. The molecular formula is C10H19N3O2S. The second-order valence-electron chi connectivity index (χ2n) is 5.03. The van der Waals surface area contributed by atoms with Gasteiger partial charge in [-0.2, -0.15) is 0 Å². The summed E-state index contributed by atoms with van der Waals surface area (Å²) in [5.74, 6) is 0.481. The minimum atomic E-state index is -3.28. The van der Waals surface area contributed by atoms with Gasteiger partial charge in [0.2, 0.25) is 10.0 Å². The molecule has 6 heteroatoms. The fourth-order valence-electron chi connectivity index (χ4n) is 2.34. The van der Waals surface area contributed by atoms with Gasteiger partial charge in [-0.3, -0.25) is 5.41 Å². The van der Waals surface area contributed by atoms with Gasteiger partial charge in [0, 0.05) is 0 Å². The molecule has 92 valence electrons. The molecule has 0 bridgehead atoms. The molecule has 2 rings (SSSR count). The third-order valence-electron chi connectivity index (χ3n) is 3.48. The first kappa shape index (κ1) is 11.9. The van der Waals surface area contributed by atoms with E-state index in [9.17, 15) is 8.42 Å². The molecule has 0 aromatic heterocycles. The fraction of sp³-hybridized carbons (Fsp3) is 0.900. The lowest BCUT2D eigenvalue weighted by Crippen LogP contribution is -2.55. The van der Waals surface area contributed by atoms with Crippen LogP contribution in [-0.2, 0) is 10.0 Å². The number of hydrogen-bond donors (Lipinski definition) is 3. The lowest BCUT2D eigenvalue weighted by Gasteiger charge is -2.28. The van der Waals surface area contributed by atoms with Crippen molar-refractivity contribution in [2.45, 2.75) is 44.1 Å². The molecule has 0 amide bonds. The van der Waals surface area contributed by atoms with E-state index in [0.29, 0.717) is 18.8 Å². The molecular weight excluding hydrogens is 226 g/mol. The molecule has 2 saturated carbocycles. The Hall–Kier alpha value is -0.620. The summed E-state index contributed by atoms with van der Waals surface area (Å²) in [4.78, 5) is 0. The first-order valence-corrected chi connectivity index (χ1v) is 7.45. The Morgan fingerprint density at radius 2 is 1.94 bits per heavy atom. The number of nitrogens with two attached hydrogens (primary N) is 1. The fourth-order valence-corrected chi connectivity index (χ4v) is 4.29. The number of sulfonamides is 1. The van der Waals surface area contributed by atoms with E-state index in [1.807, 2.05) is 0 Å². The summed E-state index contributed by atoms with van der Waals surface area (Å²) < 4.78 is 26.4. The largest absolute Gasteiger partial charge is 0.386 e. The maximum Gasteiger partial charge on any atom is 0.212 e. The summed E-state index contributed by atoms with van der Waals surface area (Å²) in [6, 6.07) is 0. The second-order valence-corrected chi connectivity index (χ2v) is 6.80. The third kappa shape index (κ3) is 2.55. The molecule has 2 fully saturated rings. The first-order chi connectivity index (χ1) is 7.44. The lowest BCUT2D eigenvalue weighted by atomic mass is 9.98. The quantitative estimate of drug-likeness (QED) is 0.488. The van der Waals surface area contributed by atoms with E-state index in [4.69, 9.17) is 11.1 Å². The van der Waals surface area contributed by atoms with Crippen LogP contribution in [0.4, 0.5) is 0 Å². The number of hydrogen-bond acceptors (Lipinski definition) is 3. The summed E-state index contributed by atoms with van der Waals surface area (Å²) in [5, 5.41) is 7.57. The number of rotatable bonds is 5. The standard InChI is InChI=1S/C10H19N3O2S/c11-9(12)10(5-1-2-6-10)13-16(14,15)7-8-3-4-8/h8,13H,1-7H2,(H3,11,12). The van der Waals surface area contributed by atoms with Gasteiger partial charge in [0.1, 0.15) is 5.84 Å². The van der Waals surface area contributed by atoms with Crippen LogP contribution < -0.4 is 10.5 Å². The van der Waals surface area contributed by atoms with Crippen LogP contribution in [0, 0.1) is 11.3 Å². The zero-order valence-corrected chi connectivity index (χ0v) is 10.1. The third-order valence-corrected chi connectivity index (χ3v) is 5.09. The molecule has 16 heavy (non-hydrogen) atoms. The van der Waals surface area contributed by atoms with Gasteiger partial charge < -0.3 is 5.73 Å². The molecule has 0 unspecified atom stereocenters. The van der Waals surface area contributed by atoms with Gasteiger partial charge in [0.05, 0.1) is 11.3 Å². The Labute approximate surface area is 96.3 Å². The molecule has 5 nitrogen and oxygen atoms in total. The van der Waals surface area contributed by atoms with Crippen LogP contribution in [0.3, 0.4) is 0 Å². The summed E-state index contributed by atoms with van der Waals surface area (Å²) in [6.07, 6.45) is 5.21. The Balaban J connectivity index is 2.07. The number of amidine groups is 1. The van der Waals surface area contributed by atoms with Crippen molar-refractivity contribution in [1.82, 2.24) is 4.72 Å². The lowest BCUT2D eigenvalue weighted by molar-refractivity contribution is 0.494. The summed E-state index contributed by atoms with van der Waals surface area (Å²) in [6.45, 7) is 0. The molecule has 0 heterocycles. The molecule has 0 aliphatic heterocycles. The topological polar surface area (TPSA) is 96.0 Å². The molecule has 2 aliphatic carbocycles. The van der Waals surface area contributed by atoms with E-state index in [1.54, 1.807) is 0 Å². The molecule has 0 aromatic rings. The van der Waals surface area contributed by atoms with Crippen molar-refractivity contribution < 1.29 is 8.42 Å². The SMILES string of the molecule is N=C(N)C1(NS(=O)(=O)CC2CC2)CCCC1. The smallest absolute Gasteiger partial charge is 0.212 e. The average molecular weight is 245 g/mol. The monoisotopic (exact) mass is 245 g/mol. The van der Waals surface area contributed by atoms with Crippen LogP contribution in [0.5, 0.6) is 0 Å². The Bertz CT molecular complexity index is 381. The van der Waals surface area contributed by atoms with Gasteiger partial charge in [-0.25, -0.2) is 13.1 Å². The Morgan fingerprint density at radius 3 is 2.38 bits per heavy atom. The van der Waals surface area contributed by atoms with Gasteiger partial charge in [0.25, 0.3) is 0 Å². The highest BCUT2D eigenvalue weighted by molar-refractivity contribution is 7.89. The Morgan fingerprint density at radius 1 is 1.38 bits per heavy atom. The number of nitrogens with one attached hydrogen (secondary N) is 2. The van der Waals surface area contributed by atoms with Gasteiger partial charge in [-0.05, 0) is 31.6 Å². The van der Waals surface area contributed by atoms with Crippen molar-refractivity contribution >= 4 is 15.9 Å². The highest BCUT2D eigenvalue weighted by Crippen LogP contribution is 2.33. The van der Waals surface area contributed by atoms with Crippen molar-refractivity contribution in [2.24, 2.45) is 11.7 Å². The molecule has 0 saturated heterocycles. The van der Waals surface area contributed by atoms with Crippen LogP contribution >= 0.6 is 0 Å². The highest BCUT2D eigenvalue weighted by Gasteiger charge is 2.41. The van der Waals surface area contributed by atoms with Crippen molar-refractivity contribution in [2.75, 3.05) is 5.75 Å². The predicted octanol–water partition coefficient (Wildman–Crippen LogP) is 0.565. The summed E-state index contributed by atoms with van der Waals surface area (Å²) >= 11 is 0. The van der Waals surface area contributed by atoms with Crippen LogP contribution in [0.1, 0.15) is 38.5 Å². The van der Waals surface area contributed by atoms with E-state index >= 15 is 0 Å². The zero-order valence-electron chi connectivity index (χ0n) is 9.33. The van der Waals surface area contributed by atoms with E-state index in [0.717, 1.165) is 25.7 Å². The first-order valence-electron chi connectivity index (χ1n) is 5.80. The molecule has 0 aromatic carbocycles. The van der Waals surface area contributed by atoms with Crippen LogP contribution in [0.15, 0.2) is 0 Å². The minimum absolute atomic E-state index is 0.0376. The van der Waals surface area contributed by atoms with E-state index in [-0.39, 0.29) is 11.6 Å². The maximum absolute atomic E-state index is 11.9. The average Bonchev–Trinajstić information content (AvgIpc) is 2.80. The normalized spacial score (nSPS) is 24.5. The van der Waals surface area contributed by atoms with Gasteiger partial charge in [-0.15, -0.1) is 0 Å². The summed E-state index contributed by atoms with van der Waals surface area (Å²) in [7, 11) is -3.28. The van der Waals surface area contributed by atoms with Crippen LogP contribution in [0.25, 0.3) is 0 Å².